The van der Waals surface area contributed by atoms with Gasteiger partial charge in [0.15, 0.2) is 0 Å². The number of carbonyl (C=O) groups excluding carboxylic acids is 2. The summed E-state index contributed by atoms with van der Waals surface area (Å²) in [6.07, 6.45) is 0. The molecule has 0 aromatic rings. The standard InChI is InChI=1S/C9H12O4/c1-6(2)8(10)13-5-7(3)9(11)12-4/h1,3,5H2,2,4H3. The number of rotatable bonds is 4. The summed E-state index contributed by atoms with van der Waals surface area (Å²) in [5, 5.41) is 0. The maximum Gasteiger partial charge on any atom is 0.336 e. The molecule has 0 aromatic heterocycles. The molecule has 13 heavy (non-hydrogen) atoms. The molecular formula is C9H12O4. The van der Waals surface area contributed by atoms with Crippen LogP contribution in [0.1, 0.15) is 6.92 Å². The van der Waals surface area contributed by atoms with E-state index in [0.29, 0.717) is 0 Å². The van der Waals surface area contributed by atoms with Crippen LogP contribution in [-0.4, -0.2) is 25.7 Å². The van der Waals surface area contributed by atoms with Gasteiger partial charge in [-0.3, -0.25) is 0 Å². The first-order valence-corrected chi connectivity index (χ1v) is 3.57. The van der Waals surface area contributed by atoms with Crippen molar-refractivity contribution in [3.05, 3.63) is 24.3 Å². The summed E-state index contributed by atoms with van der Waals surface area (Å²) >= 11 is 0. The molecule has 0 N–H and O–H groups in total. The SMILES string of the molecule is C=C(C)C(=O)OCC(=C)C(=O)OC. The van der Waals surface area contributed by atoms with E-state index in [1.54, 1.807) is 0 Å². The molecule has 0 aliphatic heterocycles. The molecule has 0 rings (SSSR count). The largest absolute Gasteiger partial charge is 0.466 e. The third-order valence-corrected chi connectivity index (χ3v) is 1.20. The highest BCUT2D eigenvalue weighted by Gasteiger charge is 2.09. The van der Waals surface area contributed by atoms with E-state index in [2.05, 4.69) is 22.6 Å². The molecule has 0 fully saturated rings. The van der Waals surface area contributed by atoms with Crippen LogP contribution in [0.15, 0.2) is 24.3 Å². The Morgan fingerprint density at radius 1 is 1.23 bits per heavy atom. The van der Waals surface area contributed by atoms with Crippen LogP contribution in [0.4, 0.5) is 0 Å². The monoisotopic (exact) mass is 184 g/mol. The van der Waals surface area contributed by atoms with Gasteiger partial charge in [0.25, 0.3) is 0 Å². The number of methoxy groups -OCH3 is 1. The average Bonchev–Trinajstić information content (AvgIpc) is 2.11. The number of carbonyl (C=O) groups is 2. The molecule has 0 aliphatic carbocycles. The van der Waals surface area contributed by atoms with Crippen molar-refractivity contribution < 1.29 is 19.1 Å². The molecule has 4 heteroatoms. The van der Waals surface area contributed by atoms with Gasteiger partial charge in [-0.1, -0.05) is 13.2 Å². The molecule has 0 spiro atoms. The predicted octanol–water partition coefficient (Wildman–Crippen LogP) is 0.835. The Kier molecular flexibility index (Phi) is 4.51. The van der Waals surface area contributed by atoms with Crippen molar-refractivity contribution in [1.29, 1.82) is 0 Å². The lowest BCUT2D eigenvalue weighted by atomic mass is 10.3. The second-order valence-electron chi connectivity index (χ2n) is 2.45. The highest BCUT2D eigenvalue weighted by atomic mass is 16.5. The lowest BCUT2D eigenvalue weighted by Crippen LogP contribution is -2.13. The molecule has 0 aliphatic rings. The van der Waals surface area contributed by atoms with Crippen molar-refractivity contribution in [3.63, 3.8) is 0 Å². The Bertz CT molecular complexity index is 252. The fourth-order valence-electron chi connectivity index (χ4n) is 0.479. The van der Waals surface area contributed by atoms with Gasteiger partial charge in [-0.15, -0.1) is 0 Å². The first-order chi connectivity index (χ1) is 5.99. The van der Waals surface area contributed by atoms with Crippen molar-refractivity contribution in [2.45, 2.75) is 6.92 Å². The van der Waals surface area contributed by atoms with Crippen molar-refractivity contribution in [3.8, 4) is 0 Å². The van der Waals surface area contributed by atoms with Gasteiger partial charge in [0.2, 0.25) is 0 Å². The third-order valence-electron chi connectivity index (χ3n) is 1.20. The highest BCUT2D eigenvalue weighted by molar-refractivity contribution is 5.90. The Morgan fingerprint density at radius 3 is 2.15 bits per heavy atom. The van der Waals surface area contributed by atoms with Crippen molar-refractivity contribution >= 4 is 11.9 Å². The van der Waals surface area contributed by atoms with Crippen LogP contribution in [0.5, 0.6) is 0 Å². The molecular weight excluding hydrogens is 172 g/mol. The van der Waals surface area contributed by atoms with E-state index in [-0.39, 0.29) is 17.8 Å². The molecule has 0 heterocycles. The molecule has 0 bridgehead atoms. The van der Waals surface area contributed by atoms with E-state index >= 15 is 0 Å². The molecule has 0 aromatic carbocycles. The quantitative estimate of drug-likeness (QED) is 0.479. The van der Waals surface area contributed by atoms with Crippen LogP contribution in [0.2, 0.25) is 0 Å². The van der Waals surface area contributed by atoms with E-state index in [4.69, 9.17) is 0 Å². The van der Waals surface area contributed by atoms with Gasteiger partial charge in [0.05, 0.1) is 12.7 Å². The zero-order valence-corrected chi connectivity index (χ0v) is 7.75. The molecule has 72 valence electrons. The lowest BCUT2D eigenvalue weighted by Gasteiger charge is -2.04. The molecule has 0 radical (unpaired) electrons. The summed E-state index contributed by atoms with van der Waals surface area (Å²) in [7, 11) is 1.23. The normalized spacial score (nSPS) is 8.77. The van der Waals surface area contributed by atoms with E-state index in [0.717, 1.165) is 0 Å². The summed E-state index contributed by atoms with van der Waals surface area (Å²) in [5.74, 6) is -1.14. The minimum atomic E-state index is -0.588. The van der Waals surface area contributed by atoms with Gasteiger partial charge in [0, 0.05) is 5.57 Å². The van der Waals surface area contributed by atoms with E-state index < -0.39 is 11.9 Å². The average molecular weight is 184 g/mol. The third kappa shape index (κ3) is 4.10. The number of hydrogen-bond acceptors (Lipinski definition) is 4. The summed E-state index contributed by atoms with van der Waals surface area (Å²) in [6.45, 7) is 8.10. The summed E-state index contributed by atoms with van der Waals surface area (Å²) in [6, 6.07) is 0. The van der Waals surface area contributed by atoms with Crippen LogP contribution < -0.4 is 0 Å². The molecule has 0 amide bonds. The molecule has 0 saturated carbocycles. The van der Waals surface area contributed by atoms with Gasteiger partial charge in [-0.2, -0.15) is 0 Å². The fraction of sp³-hybridized carbons (Fsp3) is 0.333. The van der Waals surface area contributed by atoms with Crippen LogP contribution in [0.25, 0.3) is 0 Å². The Morgan fingerprint density at radius 2 is 1.77 bits per heavy atom. The van der Waals surface area contributed by atoms with Crippen LogP contribution in [-0.2, 0) is 19.1 Å². The number of esters is 2. The Hall–Kier alpha value is -1.58. The smallest absolute Gasteiger partial charge is 0.336 e. The molecule has 4 nitrogen and oxygen atoms in total. The zero-order valence-electron chi connectivity index (χ0n) is 7.75. The maximum atomic E-state index is 10.8. The van der Waals surface area contributed by atoms with Crippen LogP contribution >= 0.6 is 0 Å². The number of hydrogen-bond donors (Lipinski definition) is 0. The predicted molar refractivity (Wildman–Crippen MR) is 46.9 cm³/mol. The van der Waals surface area contributed by atoms with Crippen LogP contribution in [0.3, 0.4) is 0 Å². The topological polar surface area (TPSA) is 52.6 Å². The van der Waals surface area contributed by atoms with E-state index in [1.807, 2.05) is 0 Å². The highest BCUT2D eigenvalue weighted by Crippen LogP contribution is 1.98. The van der Waals surface area contributed by atoms with Crippen LogP contribution in [0, 0.1) is 0 Å². The van der Waals surface area contributed by atoms with Crippen molar-refractivity contribution in [2.75, 3.05) is 13.7 Å². The zero-order chi connectivity index (χ0) is 10.4. The maximum absolute atomic E-state index is 10.8. The van der Waals surface area contributed by atoms with Gasteiger partial charge in [-0.25, -0.2) is 9.59 Å². The molecule has 0 unspecified atom stereocenters. The fourth-order valence-corrected chi connectivity index (χ4v) is 0.479. The Balaban J connectivity index is 3.90. The second kappa shape index (κ2) is 5.13. The Labute approximate surface area is 76.8 Å². The van der Waals surface area contributed by atoms with Gasteiger partial charge >= 0.3 is 11.9 Å². The number of ether oxygens (including phenoxy) is 2. The minimum absolute atomic E-state index is 0.0945. The van der Waals surface area contributed by atoms with E-state index in [9.17, 15) is 9.59 Å². The summed E-state index contributed by atoms with van der Waals surface area (Å²) < 4.78 is 9.00. The molecule has 0 saturated heterocycles. The van der Waals surface area contributed by atoms with Gasteiger partial charge in [-0.05, 0) is 6.92 Å². The minimum Gasteiger partial charge on any atom is -0.466 e. The second-order valence-corrected chi connectivity index (χ2v) is 2.45. The van der Waals surface area contributed by atoms with E-state index in [1.165, 1.54) is 14.0 Å². The first kappa shape index (κ1) is 11.4. The van der Waals surface area contributed by atoms with Crippen molar-refractivity contribution in [1.82, 2.24) is 0 Å². The summed E-state index contributed by atoms with van der Waals surface area (Å²) in [4.78, 5) is 21.6. The molecule has 0 atom stereocenters. The summed E-state index contributed by atoms with van der Waals surface area (Å²) in [5.41, 5.74) is 0.370. The first-order valence-electron chi connectivity index (χ1n) is 3.57. The van der Waals surface area contributed by atoms with Crippen molar-refractivity contribution in [2.24, 2.45) is 0 Å². The van der Waals surface area contributed by atoms with Gasteiger partial charge in [0.1, 0.15) is 6.61 Å². The lowest BCUT2D eigenvalue weighted by molar-refractivity contribution is -0.140. The van der Waals surface area contributed by atoms with Gasteiger partial charge < -0.3 is 9.47 Å².